The van der Waals surface area contributed by atoms with Crippen LogP contribution < -0.4 is 5.32 Å². The highest BCUT2D eigenvalue weighted by atomic mass is 79.9. The van der Waals surface area contributed by atoms with Gasteiger partial charge in [0.1, 0.15) is 5.69 Å². The third kappa shape index (κ3) is 2.58. The molecule has 2 heterocycles. The highest BCUT2D eigenvalue weighted by molar-refractivity contribution is 9.10. The highest BCUT2D eigenvalue weighted by Crippen LogP contribution is 2.37. The number of rotatable bonds is 4. The van der Waals surface area contributed by atoms with Crippen LogP contribution >= 0.6 is 15.9 Å². The summed E-state index contributed by atoms with van der Waals surface area (Å²) in [4.78, 5) is 12.3. The molecule has 2 aromatic rings. The Hall–Kier alpha value is -1.56. The Kier molecular flexibility index (Phi) is 3.18. The first-order valence-corrected chi connectivity index (χ1v) is 7.18. The molecule has 1 N–H and O–H groups in total. The number of anilines is 1. The van der Waals surface area contributed by atoms with E-state index in [0.29, 0.717) is 11.7 Å². The van der Waals surface area contributed by atoms with Crippen LogP contribution in [0.25, 0.3) is 0 Å². The van der Waals surface area contributed by atoms with Crippen molar-refractivity contribution in [2.75, 3.05) is 5.32 Å². The van der Waals surface area contributed by atoms with Crippen molar-refractivity contribution >= 4 is 27.5 Å². The molecule has 1 aliphatic carbocycles. The summed E-state index contributed by atoms with van der Waals surface area (Å²) in [6, 6.07) is 2.34. The largest absolute Gasteiger partial charge is 0.339 e. The fourth-order valence-electron chi connectivity index (χ4n) is 2.08. The number of amides is 1. The number of hydrogen-bond acceptors (Lipinski definition) is 2. The zero-order valence-corrected chi connectivity index (χ0v) is 12.2. The Balaban J connectivity index is 1.79. The maximum Gasteiger partial charge on any atom is 0.272 e. The Morgan fingerprint density at radius 2 is 2.32 bits per heavy atom. The number of nitrogens with zero attached hydrogens (tertiary/aromatic N) is 3. The Morgan fingerprint density at radius 3 is 2.95 bits per heavy atom. The van der Waals surface area contributed by atoms with Gasteiger partial charge in [0.05, 0.1) is 11.9 Å². The fourth-order valence-corrected chi connectivity index (χ4v) is 2.52. The van der Waals surface area contributed by atoms with Gasteiger partial charge in [-0.3, -0.25) is 9.48 Å². The Bertz CT molecular complexity index is 612. The van der Waals surface area contributed by atoms with Gasteiger partial charge < -0.3 is 9.88 Å². The summed E-state index contributed by atoms with van der Waals surface area (Å²) in [5.41, 5.74) is 1.42. The van der Waals surface area contributed by atoms with Crippen molar-refractivity contribution in [3.05, 3.63) is 34.8 Å². The summed E-state index contributed by atoms with van der Waals surface area (Å²) in [6.07, 6.45) is 7.77. The summed E-state index contributed by atoms with van der Waals surface area (Å²) in [7, 11) is 0. The molecule has 3 rings (SSSR count). The minimum Gasteiger partial charge on any atom is -0.339 e. The molecule has 5 nitrogen and oxygen atoms in total. The molecule has 0 spiro atoms. The Morgan fingerprint density at radius 1 is 1.53 bits per heavy atom. The van der Waals surface area contributed by atoms with E-state index in [-0.39, 0.29) is 5.91 Å². The summed E-state index contributed by atoms with van der Waals surface area (Å²) in [5, 5.41) is 7.03. The zero-order chi connectivity index (χ0) is 13.4. The quantitative estimate of drug-likeness (QED) is 0.940. The second-order valence-corrected chi connectivity index (χ2v) is 5.64. The molecule has 1 fully saturated rings. The van der Waals surface area contributed by atoms with Gasteiger partial charge in [-0.2, -0.15) is 5.10 Å². The van der Waals surface area contributed by atoms with Crippen molar-refractivity contribution in [2.45, 2.75) is 32.4 Å². The molecule has 1 amide bonds. The maximum atomic E-state index is 12.3. The molecule has 0 aromatic carbocycles. The summed E-state index contributed by atoms with van der Waals surface area (Å²) in [5.74, 6) is -0.0896. The number of nitrogens with one attached hydrogen (secondary N) is 1. The van der Waals surface area contributed by atoms with Gasteiger partial charge in [0.25, 0.3) is 5.91 Å². The van der Waals surface area contributed by atoms with Gasteiger partial charge in [-0.15, -0.1) is 0 Å². The summed E-state index contributed by atoms with van der Waals surface area (Å²) >= 11 is 3.43. The number of carbonyl (C=O) groups is 1. The van der Waals surface area contributed by atoms with Crippen LogP contribution in [0.5, 0.6) is 0 Å². The normalized spacial score (nSPS) is 14.6. The van der Waals surface area contributed by atoms with Crippen LogP contribution in [0.4, 0.5) is 5.69 Å². The molecule has 0 radical (unpaired) electrons. The van der Waals surface area contributed by atoms with Gasteiger partial charge >= 0.3 is 0 Å². The predicted molar refractivity (Wildman–Crippen MR) is 76.3 cm³/mol. The van der Waals surface area contributed by atoms with Crippen LogP contribution in [-0.2, 0) is 6.54 Å². The molecule has 100 valence electrons. The van der Waals surface area contributed by atoms with Gasteiger partial charge in [-0.1, -0.05) is 0 Å². The average Bonchev–Trinajstić information content (AvgIpc) is 3.01. The lowest BCUT2D eigenvalue weighted by atomic mass is 10.4. The van der Waals surface area contributed by atoms with E-state index in [0.717, 1.165) is 29.5 Å². The van der Waals surface area contributed by atoms with Crippen molar-refractivity contribution in [1.82, 2.24) is 14.3 Å². The topological polar surface area (TPSA) is 51.9 Å². The first kappa shape index (κ1) is 12.5. The van der Waals surface area contributed by atoms with Gasteiger partial charge in [-0.05, 0) is 41.8 Å². The smallest absolute Gasteiger partial charge is 0.272 e. The minimum absolute atomic E-state index is 0.0896. The van der Waals surface area contributed by atoms with Crippen LogP contribution in [-0.4, -0.2) is 20.3 Å². The van der Waals surface area contributed by atoms with Gasteiger partial charge in [-0.25, -0.2) is 0 Å². The van der Waals surface area contributed by atoms with E-state index in [9.17, 15) is 4.79 Å². The fraction of sp³-hybridized carbons (Fsp3) is 0.385. The van der Waals surface area contributed by atoms with Crippen LogP contribution in [0.1, 0.15) is 36.3 Å². The van der Waals surface area contributed by atoms with E-state index in [1.54, 1.807) is 10.9 Å². The molecule has 0 aliphatic heterocycles. The van der Waals surface area contributed by atoms with E-state index < -0.39 is 0 Å². The van der Waals surface area contributed by atoms with Gasteiger partial charge in [0.15, 0.2) is 0 Å². The monoisotopic (exact) mass is 322 g/mol. The SMILES string of the molecule is CCn1cc(NC(=O)c2cc(Br)cn2C2CC2)cn1. The minimum atomic E-state index is -0.0896. The lowest BCUT2D eigenvalue weighted by Crippen LogP contribution is -2.16. The second-order valence-electron chi connectivity index (χ2n) is 4.72. The van der Waals surface area contributed by atoms with Crippen LogP contribution in [0.3, 0.4) is 0 Å². The van der Waals surface area contributed by atoms with Crippen LogP contribution in [0.2, 0.25) is 0 Å². The van der Waals surface area contributed by atoms with E-state index in [4.69, 9.17) is 0 Å². The van der Waals surface area contributed by atoms with Crippen molar-refractivity contribution < 1.29 is 4.79 Å². The second kappa shape index (κ2) is 4.85. The molecule has 1 aliphatic rings. The molecule has 0 unspecified atom stereocenters. The Labute approximate surface area is 119 Å². The maximum absolute atomic E-state index is 12.3. The number of aryl methyl sites for hydroxylation is 1. The van der Waals surface area contributed by atoms with Crippen molar-refractivity contribution in [1.29, 1.82) is 0 Å². The van der Waals surface area contributed by atoms with E-state index in [2.05, 4.69) is 26.3 Å². The lowest BCUT2D eigenvalue weighted by Gasteiger charge is -2.07. The zero-order valence-electron chi connectivity index (χ0n) is 10.6. The van der Waals surface area contributed by atoms with Gasteiger partial charge in [0.2, 0.25) is 0 Å². The molecule has 0 bridgehead atoms. The predicted octanol–water partition coefficient (Wildman–Crippen LogP) is 3.05. The number of hydrogen-bond donors (Lipinski definition) is 1. The summed E-state index contributed by atoms with van der Waals surface area (Å²) in [6.45, 7) is 2.80. The van der Waals surface area contributed by atoms with Crippen molar-refractivity contribution in [3.8, 4) is 0 Å². The van der Waals surface area contributed by atoms with Crippen LogP contribution in [0, 0.1) is 0 Å². The van der Waals surface area contributed by atoms with Crippen molar-refractivity contribution in [3.63, 3.8) is 0 Å². The highest BCUT2D eigenvalue weighted by Gasteiger charge is 2.27. The van der Waals surface area contributed by atoms with Crippen molar-refractivity contribution in [2.24, 2.45) is 0 Å². The number of halogens is 1. The van der Waals surface area contributed by atoms with E-state index in [1.807, 2.05) is 30.0 Å². The third-order valence-electron chi connectivity index (χ3n) is 3.20. The van der Waals surface area contributed by atoms with Gasteiger partial charge in [0, 0.05) is 29.5 Å². The molecule has 19 heavy (non-hydrogen) atoms. The molecular formula is C13H15BrN4O. The first-order valence-electron chi connectivity index (χ1n) is 6.38. The molecule has 0 saturated heterocycles. The molecular weight excluding hydrogens is 308 g/mol. The molecule has 2 aromatic heterocycles. The van der Waals surface area contributed by atoms with Crippen LogP contribution in [0.15, 0.2) is 29.1 Å². The lowest BCUT2D eigenvalue weighted by molar-refractivity contribution is 0.101. The number of carbonyl (C=O) groups excluding carboxylic acids is 1. The number of aromatic nitrogens is 3. The standard InChI is InChI=1S/C13H15BrN4O/c1-2-17-8-10(6-15-17)16-13(19)12-5-9(14)7-18(12)11-3-4-11/h5-8,11H,2-4H2,1H3,(H,16,19). The molecule has 0 atom stereocenters. The first-order chi connectivity index (χ1) is 9.17. The summed E-state index contributed by atoms with van der Waals surface area (Å²) < 4.78 is 4.77. The average molecular weight is 323 g/mol. The van der Waals surface area contributed by atoms with E-state index >= 15 is 0 Å². The molecule has 1 saturated carbocycles. The molecule has 6 heteroatoms. The van der Waals surface area contributed by atoms with E-state index in [1.165, 1.54) is 0 Å². The third-order valence-corrected chi connectivity index (χ3v) is 3.64.